The summed E-state index contributed by atoms with van der Waals surface area (Å²) in [6.45, 7) is 5.08. The van der Waals surface area contributed by atoms with Crippen LogP contribution in [0.1, 0.15) is 48.3 Å². The van der Waals surface area contributed by atoms with Crippen molar-refractivity contribution in [3.05, 3.63) is 35.7 Å². The third kappa shape index (κ3) is 3.49. The average molecular weight is 354 g/mol. The first-order valence-corrected chi connectivity index (χ1v) is 9.60. The Morgan fingerprint density at radius 1 is 1.15 bits per heavy atom. The van der Waals surface area contributed by atoms with Crippen LogP contribution in [0.2, 0.25) is 0 Å². The molecular weight excluding hydrogens is 328 g/mol. The number of hydrogen-bond donors (Lipinski definition) is 1. The number of tetrazole rings is 1. The van der Waals surface area contributed by atoms with Crippen LogP contribution in [0.25, 0.3) is 5.69 Å². The van der Waals surface area contributed by atoms with E-state index in [4.69, 9.17) is 0 Å². The van der Waals surface area contributed by atoms with Crippen LogP contribution in [0, 0.1) is 12.8 Å². The molecule has 0 saturated carbocycles. The van der Waals surface area contributed by atoms with Gasteiger partial charge in [-0.3, -0.25) is 4.79 Å². The highest BCUT2D eigenvalue weighted by Crippen LogP contribution is 2.30. The molecule has 1 amide bonds. The van der Waals surface area contributed by atoms with Crippen LogP contribution in [0.5, 0.6) is 0 Å². The average Bonchev–Trinajstić information content (AvgIpc) is 3.12. The summed E-state index contributed by atoms with van der Waals surface area (Å²) in [6, 6.07) is 8.07. The van der Waals surface area contributed by atoms with Crippen LogP contribution in [-0.4, -0.2) is 56.7 Å². The fraction of sp³-hybridized carbons (Fsp3) is 0.579. The summed E-state index contributed by atoms with van der Waals surface area (Å²) >= 11 is 0. The first-order chi connectivity index (χ1) is 12.7. The van der Waals surface area contributed by atoms with Crippen molar-refractivity contribution in [3.63, 3.8) is 0 Å². The predicted octanol–water partition coefficient (Wildman–Crippen LogP) is 1.97. The maximum Gasteiger partial charge on any atom is 0.251 e. The second-order valence-corrected chi connectivity index (χ2v) is 7.40. The summed E-state index contributed by atoms with van der Waals surface area (Å²) in [4.78, 5) is 15.2. The number of piperidine rings is 2. The Labute approximate surface area is 153 Å². The number of nitrogens with one attached hydrogen (secondary N) is 1. The van der Waals surface area contributed by atoms with Gasteiger partial charge in [-0.2, -0.15) is 4.68 Å². The molecule has 2 atom stereocenters. The van der Waals surface area contributed by atoms with E-state index in [1.165, 1.54) is 45.2 Å². The Hall–Kier alpha value is -2.28. The number of amides is 1. The molecule has 2 aliphatic heterocycles. The molecule has 0 spiro atoms. The number of nitrogens with zero attached hydrogens (tertiary/aromatic N) is 5. The van der Waals surface area contributed by atoms with Crippen molar-refractivity contribution in [2.24, 2.45) is 5.92 Å². The van der Waals surface area contributed by atoms with Gasteiger partial charge in [0.25, 0.3) is 5.91 Å². The van der Waals surface area contributed by atoms with E-state index in [0.717, 1.165) is 18.1 Å². The van der Waals surface area contributed by atoms with E-state index < -0.39 is 0 Å². The SMILES string of the molecule is Cc1nnnn1-c1ccc(C(=O)NC[C@H]2CCCN3CCCC[C@@H]23)cc1. The van der Waals surface area contributed by atoms with Crippen molar-refractivity contribution in [2.45, 2.75) is 45.1 Å². The molecular formula is C19H26N6O. The zero-order valence-electron chi connectivity index (χ0n) is 15.3. The van der Waals surface area contributed by atoms with Gasteiger partial charge in [-0.05, 0) is 86.3 Å². The summed E-state index contributed by atoms with van der Waals surface area (Å²) in [6.07, 6.45) is 6.39. The number of aromatic nitrogens is 4. The fourth-order valence-corrected chi connectivity index (χ4v) is 4.37. The lowest BCUT2D eigenvalue weighted by atomic mass is 9.83. The standard InChI is InChI=1S/C19H26N6O/c1-14-21-22-23-25(14)17-9-7-15(8-10-17)19(26)20-13-16-5-4-12-24-11-3-2-6-18(16)24/h7-10,16,18H,2-6,11-13H2,1H3,(H,20,26)/t16-,18+/m1/s1. The molecule has 2 fully saturated rings. The van der Waals surface area contributed by atoms with Crippen LogP contribution in [0.4, 0.5) is 0 Å². The molecule has 0 radical (unpaired) electrons. The number of fused-ring (bicyclic) bond motifs is 1. The summed E-state index contributed by atoms with van der Waals surface area (Å²) in [5.74, 6) is 1.30. The smallest absolute Gasteiger partial charge is 0.251 e. The molecule has 1 aromatic carbocycles. The minimum absolute atomic E-state index is 0.00193. The molecule has 0 bridgehead atoms. The molecule has 1 aromatic heterocycles. The van der Waals surface area contributed by atoms with Crippen LogP contribution < -0.4 is 5.32 Å². The number of carbonyl (C=O) groups excluding carboxylic acids is 1. The Balaban J connectivity index is 1.36. The normalized spacial score (nSPS) is 23.4. The number of benzene rings is 1. The molecule has 2 saturated heterocycles. The zero-order chi connectivity index (χ0) is 17.9. The topological polar surface area (TPSA) is 75.9 Å². The van der Waals surface area contributed by atoms with Gasteiger partial charge in [0.2, 0.25) is 0 Å². The Morgan fingerprint density at radius 3 is 2.73 bits per heavy atom. The minimum Gasteiger partial charge on any atom is -0.352 e. The van der Waals surface area contributed by atoms with E-state index in [-0.39, 0.29) is 5.91 Å². The van der Waals surface area contributed by atoms with Gasteiger partial charge in [-0.1, -0.05) is 6.42 Å². The highest BCUT2D eigenvalue weighted by Gasteiger charge is 2.32. The van der Waals surface area contributed by atoms with E-state index in [9.17, 15) is 4.79 Å². The van der Waals surface area contributed by atoms with Gasteiger partial charge < -0.3 is 10.2 Å². The third-order valence-electron chi connectivity index (χ3n) is 5.75. The van der Waals surface area contributed by atoms with Gasteiger partial charge in [0, 0.05) is 18.2 Å². The van der Waals surface area contributed by atoms with Gasteiger partial charge in [0.05, 0.1) is 5.69 Å². The van der Waals surface area contributed by atoms with Crippen molar-refractivity contribution in [1.29, 1.82) is 0 Å². The van der Waals surface area contributed by atoms with Gasteiger partial charge in [-0.15, -0.1) is 5.10 Å². The molecule has 0 unspecified atom stereocenters. The highest BCUT2D eigenvalue weighted by atomic mass is 16.1. The van der Waals surface area contributed by atoms with E-state index in [1.54, 1.807) is 4.68 Å². The van der Waals surface area contributed by atoms with Crippen LogP contribution >= 0.6 is 0 Å². The predicted molar refractivity (Wildman–Crippen MR) is 98.2 cm³/mol. The summed E-state index contributed by atoms with van der Waals surface area (Å²) in [7, 11) is 0. The quantitative estimate of drug-likeness (QED) is 0.908. The number of aryl methyl sites for hydroxylation is 1. The lowest BCUT2D eigenvalue weighted by Gasteiger charge is -2.44. The molecule has 4 rings (SSSR count). The van der Waals surface area contributed by atoms with E-state index in [0.29, 0.717) is 17.5 Å². The van der Waals surface area contributed by atoms with Crippen molar-refractivity contribution in [3.8, 4) is 5.69 Å². The van der Waals surface area contributed by atoms with Crippen molar-refractivity contribution in [2.75, 3.05) is 19.6 Å². The van der Waals surface area contributed by atoms with Crippen LogP contribution in [-0.2, 0) is 0 Å². The fourth-order valence-electron chi connectivity index (χ4n) is 4.37. The van der Waals surface area contributed by atoms with E-state index >= 15 is 0 Å². The molecule has 7 heteroatoms. The molecule has 3 heterocycles. The second kappa shape index (κ2) is 7.53. The molecule has 0 aliphatic carbocycles. The molecule has 1 N–H and O–H groups in total. The minimum atomic E-state index is -0.00193. The third-order valence-corrected chi connectivity index (χ3v) is 5.75. The second-order valence-electron chi connectivity index (χ2n) is 7.40. The summed E-state index contributed by atoms with van der Waals surface area (Å²) in [5, 5.41) is 14.6. The van der Waals surface area contributed by atoms with E-state index in [2.05, 4.69) is 25.7 Å². The Morgan fingerprint density at radius 2 is 1.96 bits per heavy atom. The highest BCUT2D eigenvalue weighted by molar-refractivity contribution is 5.94. The summed E-state index contributed by atoms with van der Waals surface area (Å²) < 4.78 is 1.65. The number of hydrogen-bond acceptors (Lipinski definition) is 5. The van der Waals surface area contributed by atoms with E-state index in [1.807, 2.05) is 31.2 Å². The van der Waals surface area contributed by atoms with Crippen LogP contribution in [0.3, 0.4) is 0 Å². The van der Waals surface area contributed by atoms with Crippen LogP contribution in [0.15, 0.2) is 24.3 Å². The molecule has 7 nitrogen and oxygen atoms in total. The Bertz CT molecular complexity index is 754. The monoisotopic (exact) mass is 354 g/mol. The molecule has 2 aliphatic rings. The molecule has 2 aromatic rings. The first-order valence-electron chi connectivity index (χ1n) is 9.60. The van der Waals surface area contributed by atoms with Gasteiger partial charge in [0.15, 0.2) is 5.82 Å². The largest absolute Gasteiger partial charge is 0.352 e. The Kier molecular flexibility index (Phi) is 4.97. The molecule has 138 valence electrons. The maximum absolute atomic E-state index is 12.5. The van der Waals surface area contributed by atoms with Gasteiger partial charge >= 0.3 is 0 Å². The number of carbonyl (C=O) groups is 1. The lowest BCUT2D eigenvalue weighted by Crippen LogP contribution is -2.51. The first kappa shape index (κ1) is 17.1. The lowest BCUT2D eigenvalue weighted by molar-refractivity contribution is 0.0575. The van der Waals surface area contributed by atoms with Gasteiger partial charge in [-0.25, -0.2) is 0 Å². The van der Waals surface area contributed by atoms with Gasteiger partial charge in [0.1, 0.15) is 0 Å². The maximum atomic E-state index is 12.5. The summed E-state index contributed by atoms with van der Waals surface area (Å²) in [5.41, 5.74) is 1.53. The molecule has 26 heavy (non-hydrogen) atoms. The number of rotatable bonds is 4. The zero-order valence-corrected chi connectivity index (χ0v) is 15.3. The van der Waals surface area contributed by atoms with Crippen molar-refractivity contribution < 1.29 is 4.79 Å². The van der Waals surface area contributed by atoms with Crippen molar-refractivity contribution in [1.82, 2.24) is 30.4 Å². The van der Waals surface area contributed by atoms with Crippen molar-refractivity contribution >= 4 is 5.91 Å².